The standard InChI is InChI=1S/C25H50O3Si/c1-8-29(9-2,10-3)28-24(5,6)17-15-20(18-26)19(4)21-13-14-22-23(27)12-11-16-25(21,22)7/h19-23,26-27H,8-18H2,1-7H3/t19-,20+,21-,22+,23+,25-/m1/s1. The zero-order chi connectivity index (χ0) is 21.9. The van der Waals surface area contributed by atoms with Gasteiger partial charge in [-0.25, -0.2) is 0 Å². The molecule has 2 aliphatic carbocycles. The first kappa shape index (κ1) is 25.4. The molecule has 0 aromatic carbocycles. The molecular weight excluding hydrogens is 376 g/mol. The second kappa shape index (κ2) is 10.1. The fourth-order valence-electron chi connectivity index (χ4n) is 7.04. The van der Waals surface area contributed by atoms with E-state index in [1.807, 2.05) is 0 Å². The first-order chi connectivity index (χ1) is 13.6. The topological polar surface area (TPSA) is 49.7 Å². The van der Waals surface area contributed by atoms with Gasteiger partial charge in [-0.2, -0.15) is 0 Å². The number of rotatable bonds is 11. The third kappa shape index (κ3) is 5.48. The van der Waals surface area contributed by atoms with E-state index in [0.717, 1.165) is 32.1 Å². The van der Waals surface area contributed by atoms with E-state index in [4.69, 9.17) is 4.43 Å². The van der Waals surface area contributed by atoms with Gasteiger partial charge < -0.3 is 14.6 Å². The lowest BCUT2D eigenvalue weighted by Crippen LogP contribution is -2.45. The van der Waals surface area contributed by atoms with Gasteiger partial charge in [-0.3, -0.25) is 0 Å². The largest absolute Gasteiger partial charge is 0.412 e. The van der Waals surface area contributed by atoms with Gasteiger partial charge in [0.05, 0.1) is 11.7 Å². The van der Waals surface area contributed by atoms with Crippen molar-refractivity contribution in [1.29, 1.82) is 0 Å². The molecule has 4 heteroatoms. The number of aliphatic hydroxyl groups excluding tert-OH is 2. The molecule has 2 saturated carbocycles. The fourth-order valence-corrected chi connectivity index (χ4v) is 10.2. The molecule has 0 radical (unpaired) electrons. The van der Waals surface area contributed by atoms with Gasteiger partial charge in [0.15, 0.2) is 8.32 Å². The molecule has 0 aromatic rings. The highest BCUT2D eigenvalue weighted by atomic mass is 28.4. The summed E-state index contributed by atoms with van der Waals surface area (Å²) >= 11 is 0. The first-order valence-electron chi connectivity index (χ1n) is 12.6. The minimum absolute atomic E-state index is 0.107. The van der Waals surface area contributed by atoms with E-state index in [-0.39, 0.29) is 23.7 Å². The monoisotopic (exact) mass is 426 g/mol. The van der Waals surface area contributed by atoms with Crippen molar-refractivity contribution in [2.24, 2.45) is 29.1 Å². The molecule has 0 aromatic heterocycles. The maximum absolute atomic E-state index is 10.6. The zero-order valence-corrected chi connectivity index (χ0v) is 21.5. The van der Waals surface area contributed by atoms with Crippen LogP contribution >= 0.6 is 0 Å². The second-order valence-corrected chi connectivity index (χ2v) is 15.9. The molecular formula is C25H50O3Si. The molecule has 172 valence electrons. The molecule has 3 nitrogen and oxygen atoms in total. The van der Waals surface area contributed by atoms with Crippen LogP contribution in [0.3, 0.4) is 0 Å². The summed E-state index contributed by atoms with van der Waals surface area (Å²) in [4.78, 5) is 0. The average Bonchev–Trinajstić information content (AvgIpc) is 3.04. The van der Waals surface area contributed by atoms with E-state index in [9.17, 15) is 10.2 Å². The van der Waals surface area contributed by atoms with Crippen LogP contribution in [0.5, 0.6) is 0 Å². The lowest BCUT2D eigenvalue weighted by Gasteiger charge is -2.46. The van der Waals surface area contributed by atoms with Gasteiger partial charge in [0.2, 0.25) is 0 Å². The Hall–Kier alpha value is 0.0969. The van der Waals surface area contributed by atoms with Crippen molar-refractivity contribution in [2.75, 3.05) is 6.61 Å². The van der Waals surface area contributed by atoms with E-state index >= 15 is 0 Å². The van der Waals surface area contributed by atoms with Gasteiger partial charge in [0.1, 0.15) is 0 Å². The van der Waals surface area contributed by atoms with Crippen molar-refractivity contribution < 1.29 is 14.6 Å². The molecule has 0 aliphatic heterocycles. The average molecular weight is 427 g/mol. The van der Waals surface area contributed by atoms with Crippen molar-refractivity contribution in [3.05, 3.63) is 0 Å². The van der Waals surface area contributed by atoms with E-state index in [2.05, 4.69) is 48.5 Å². The van der Waals surface area contributed by atoms with Crippen molar-refractivity contribution in [2.45, 2.75) is 123 Å². The summed E-state index contributed by atoms with van der Waals surface area (Å²) in [7, 11) is -1.62. The molecule has 0 bridgehead atoms. The van der Waals surface area contributed by atoms with Crippen LogP contribution in [0.4, 0.5) is 0 Å². The molecule has 2 fully saturated rings. The molecule has 0 heterocycles. The Labute approximate surface area is 182 Å². The molecule has 29 heavy (non-hydrogen) atoms. The maximum atomic E-state index is 10.6. The Morgan fingerprint density at radius 2 is 1.72 bits per heavy atom. The summed E-state index contributed by atoms with van der Waals surface area (Å²) in [5.74, 6) is 1.92. The fraction of sp³-hybridized carbons (Fsp3) is 1.00. The van der Waals surface area contributed by atoms with Crippen LogP contribution in [0.1, 0.15) is 93.4 Å². The third-order valence-corrected chi connectivity index (χ3v) is 14.2. The number of hydrogen-bond donors (Lipinski definition) is 2. The van der Waals surface area contributed by atoms with E-state index in [1.165, 1.54) is 31.0 Å². The van der Waals surface area contributed by atoms with Gasteiger partial charge in [0.25, 0.3) is 0 Å². The summed E-state index contributed by atoms with van der Waals surface area (Å²) in [5, 5.41) is 20.8. The summed E-state index contributed by atoms with van der Waals surface area (Å²) in [6.07, 6.45) is 7.70. The Morgan fingerprint density at radius 1 is 1.10 bits per heavy atom. The quantitative estimate of drug-likeness (QED) is 0.376. The van der Waals surface area contributed by atoms with E-state index in [0.29, 0.717) is 23.7 Å². The molecule has 2 rings (SSSR count). The van der Waals surface area contributed by atoms with Gasteiger partial charge in [-0.05, 0) is 99.6 Å². The Kier molecular flexibility index (Phi) is 8.87. The predicted octanol–water partition coefficient (Wildman–Crippen LogP) is 6.39. The van der Waals surface area contributed by atoms with Crippen molar-refractivity contribution in [3.8, 4) is 0 Å². The molecule has 0 unspecified atom stereocenters. The van der Waals surface area contributed by atoms with Crippen LogP contribution in [0, 0.1) is 29.1 Å². The van der Waals surface area contributed by atoms with Crippen LogP contribution in [-0.2, 0) is 4.43 Å². The van der Waals surface area contributed by atoms with Crippen molar-refractivity contribution in [1.82, 2.24) is 0 Å². The van der Waals surface area contributed by atoms with E-state index in [1.54, 1.807) is 0 Å². The Balaban J connectivity index is 2.02. The highest BCUT2D eigenvalue weighted by Crippen LogP contribution is 2.58. The van der Waals surface area contributed by atoms with Gasteiger partial charge in [-0.15, -0.1) is 0 Å². The van der Waals surface area contributed by atoms with Crippen LogP contribution in [0.15, 0.2) is 0 Å². The number of fused-ring (bicyclic) bond motifs is 1. The van der Waals surface area contributed by atoms with Crippen LogP contribution in [-0.4, -0.2) is 36.8 Å². The van der Waals surface area contributed by atoms with Crippen LogP contribution < -0.4 is 0 Å². The molecule has 6 atom stereocenters. The highest BCUT2D eigenvalue weighted by molar-refractivity contribution is 6.73. The predicted molar refractivity (Wildman–Crippen MR) is 126 cm³/mol. The molecule has 2 aliphatic rings. The Morgan fingerprint density at radius 3 is 2.28 bits per heavy atom. The Bertz CT molecular complexity index is 496. The minimum Gasteiger partial charge on any atom is -0.412 e. The first-order valence-corrected chi connectivity index (χ1v) is 15.1. The molecule has 0 saturated heterocycles. The summed E-state index contributed by atoms with van der Waals surface area (Å²) in [6.45, 7) is 16.5. The van der Waals surface area contributed by atoms with Crippen molar-refractivity contribution in [3.63, 3.8) is 0 Å². The maximum Gasteiger partial charge on any atom is 0.192 e. The normalized spacial score (nSPS) is 32.8. The lowest BCUT2D eigenvalue weighted by molar-refractivity contribution is -0.0382. The summed E-state index contributed by atoms with van der Waals surface area (Å²) < 4.78 is 6.82. The third-order valence-electron chi connectivity index (χ3n) is 9.32. The van der Waals surface area contributed by atoms with Crippen molar-refractivity contribution >= 4 is 8.32 Å². The van der Waals surface area contributed by atoms with Crippen LogP contribution in [0.2, 0.25) is 18.1 Å². The van der Waals surface area contributed by atoms with Gasteiger partial charge >= 0.3 is 0 Å². The number of aliphatic hydroxyl groups is 2. The second-order valence-electron chi connectivity index (χ2n) is 11.2. The molecule has 0 spiro atoms. The van der Waals surface area contributed by atoms with Gasteiger partial charge in [0, 0.05) is 6.61 Å². The minimum atomic E-state index is -1.62. The lowest BCUT2D eigenvalue weighted by atomic mass is 9.60. The highest BCUT2D eigenvalue weighted by Gasteiger charge is 2.53. The molecule has 0 amide bonds. The number of hydrogen-bond acceptors (Lipinski definition) is 3. The summed E-state index contributed by atoms with van der Waals surface area (Å²) in [5.41, 5.74) is 0.149. The molecule has 2 N–H and O–H groups in total. The summed E-state index contributed by atoms with van der Waals surface area (Å²) in [6, 6.07) is 3.56. The smallest absolute Gasteiger partial charge is 0.192 e. The van der Waals surface area contributed by atoms with E-state index < -0.39 is 8.32 Å². The SMILES string of the molecule is CC[Si](CC)(CC)OC(C)(C)CC[C@@H](CO)[C@@H](C)[C@H]1CC[C@H]2[C@@H](O)CCC[C@]12C. The van der Waals surface area contributed by atoms with Gasteiger partial charge in [-0.1, -0.05) is 41.0 Å². The van der Waals surface area contributed by atoms with Crippen LogP contribution in [0.25, 0.3) is 0 Å². The zero-order valence-electron chi connectivity index (χ0n) is 20.5.